The summed E-state index contributed by atoms with van der Waals surface area (Å²) in [6, 6.07) is 3.65. The van der Waals surface area contributed by atoms with Crippen LogP contribution in [-0.2, 0) is 0 Å². The SMILES string of the molecule is CC(C)(C)NCC(O)COc1ccc(I)c2[nH]c(=O)[nH]c12. The molecular weight excluding hydrogens is 385 g/mol. The van der Waals surface area contributed by atoms with E-state index in [4.69, 9.17) is 4.74 Å². The Bertz CT molecular complexity index is 672. The van der Waals surface area contributed by atoms with Crippen molar-refractivity contribution in [2.24, 2.45) is 0 Å². The molecular formula is C14H20IN3O3. The van der Waals surface area contributed by atoms with Crippen molar-refractivity contribution in [3.63, 3.8) is 0 Å². The third kappa shape index (κ3) is 4.45. The highest BCUT2D eigenvalue weighted by molar-refractivity contribution is 14.1. The number of halogens is 1. The van der Waals surface area contributed by atoms with Gasteiger partial charge in [-0.3, -0.25) is 0 Å². The molecule has 1 heterocycles. The van der Waals surface area contributed by atoms with Crippen LogP contribution < -0.4 is 15.7 Å². The Morgan fingerprint density at radius 3 is 2.67 bits per heavy atom. The first-order valence-corrected chi connectivity index (χ1v) is 7.80. The predicted octanol–water partition coefficient (Wildman–Crippen LogP) is 1.59. The van der Waals surface area contributed by atoms with Crippen LogP contribution in [0.3, 0.4) is 0 Å². The minimum atomic E-state index is -0.621. The molecule has 1 atom stereocenters. The molecule has 0 aliphatic carbocycles. The first-order valence-electron chi connectivity index (χ1n) is 6.72. The number of aliphatic hydroxyl groups is 1. The van der Waals surface area contributed by atoms with Crippen LogP contribution in [0.25, 0.3) is 11.0 Å². The molecule has 4 N–H and O–H groups in total. The highest BCUT2D eigenvalue weighted by Gasteiger charge is 2.14. The molecule has 7 heteroatoms. The number of imidazole rings is 1. The Labute approximate surface area is 136 Å². The molecule has 1 unspecified atom stereocenters. The number of aromatic amines is 2. The number of aromatic nitrogens is 2. The Balaban J connectivity index is 2.04. The molecule has 1 aromatic heterocycles. The van der Waals surface area contributed by atoms with Gasteiger partial charge in [-0.2, -0.15) is 0 Å². The van der Waals surface area contributed by atoms with E-state index in [1.54, 1.807) is 6.07 Å². The number of ether oxygens (including phenoxy) is 1. The maximum Gasteiger partial charge on any atom is 0.323 e. The normalized spacial score (nSPS) is 13.6. The Kier molecular flexibility index (Phi) is 4.95. The number of rotatable bonds is 5. The van der Waals surface area contributed by atoms with Crippen LogP contribution in [0.4, 0.5) is 0 Å². The second-order valence-electron chi connectivity index (χ2n) is 5.97. The molecule has 2 aromatic rings. The molecule has 2 rings (SSSR count). The van der Waals surface area contributed by atoms with Gasteiger partial charge in [-0.15, -0.1) is 0 Å². The van der Waals surface area contributed by atoms with E-state index in [2.05, 4.69) is 37.9 Å². The zero-order valence-corrected chi connectivity index (χ0v) is 14.4. The molecule has 0 amide bonds. The van der Waals surface area contributed by atoms with Crippen molar-refractivity contribution < 1.29 is 9.84 Å². The number of hydrogen-bond acceptors (Lipinski definition) is 4. The van der Waals surface area contributed by atoms with Crippen molar-refractivity contribution in [3.05, 3.63) is 26.2 Å². The Morgan fingerprint density at radius 1 is 1.33 bits per heavy atom. The van der Waals surface area contributed by atoms with Crippen molar-refractivity contribution in [2.75, 3.05) is 13.2 Å². The van der Waals surface area contributed by atoms with Gasteiger partial charge in [0.25, 0.3) is 0 Å². The molecule has 0 aliphatic heterocycles. The quantitative estimate of drug-likeness (QED) is 0.569. The summed E-state index contributed by atoms with van der Waals surface area (Å²) in [4.78, 5) is 16.9. The lowest BCUT2D eigenvalue weighted by atomic mass is 10.1. The molecule has 21 heavy (non-hydrogen) atoms. The van der Waals surface area contributed by atoms with Gasteiger partial charge in [0, 0.05) is 15.7 Å². The second kappa shape index (κ2) is 6.37. The van der Waals surface area contributed by atoms with Gasteiger partial charge in [-0.05, 0) is 55.5 Å². The summed E-state index contributed by atoms with van der Waals surface area (Å²) < 4.78 is 6.56. The molecule has 116 valence electrons. The minimum absolute atomic E-state index is 0.0526. The molecule has 0 radical (unpaired) electrons. The minimum Gasteiger partial charge on any atom is -0.489 e. The molecule has 0 saturated carbocycles. The van der Waals surface area contributed by atoms with Gasteiger partial charge in [0.1, 0.15) is 24.0 Å². The Hall–Kier alpha value is -1.06. The smallest absolute Gasteiger partial charge is 0.323 e. The summed E-state index contributed by atoms with van der Waals surface area (Å²) in [6.45, 7) is 6.71. The highest BCUT2D eigenvalue weighted by Crippen LogP contribution is 2.25. The lowest BCUT2D eigenvalue weighted by Crippen LogP contribution is -2.42. The number of hydrogen-bond donors (Lipinski definition) is 4. The van der Waals surface area contributed by atoms with Crippen molar-refractivity contribution in [2.45, 2.75) is 32.4 Å². The fourth-order valence-electron chi connectivity index (χ4n) is 1.85. The van der Waals surface area contributed by atoms with Gasteiger partial charge >= 0.3 is 5.69 Å². The lowest BCUT2D eigenvalue weighted by molar-refractivity contribution is 0.101. The van der Waals surface area contributed by atoms with E-state index < -0.39 is 6.10 Å². The number of H-pyrrole nitrogens is 2. The van der Waals surface area contributed by atoms with Gasteiger partial charge in [-0.1, -0.05) is 0 Å². The zero-order chi connectivity index (χ0) is 15.6. The molecule has 0 spiro atoms. The lowest BCUT2D eigenvalue weighted by Gasteiger charge is -2.23. The average Bonchev–Trinajstić information content (AvgIpc) is 2.77. The van der Waals surface area contributed by atoms with Crippen molar-refractivity contribution in [1.29, 1.82) is 0 Å². The van der Waals surface area contributed by atoms with Crippen LogP contribution in [-0.4, -0.2) is 39.9 Å². The molecule has 0 bridgehead atoms. The molecule has 0 saturated heterocycles. The van der Waals surface area contributed by atoms with E-state index in [9.17, 15) is 9.90 Å². The van der Waals surface area contributed by atoms with Crippen molar-refractivity contribution in [1.82, 2.24) is 15.3 Å². The van der Waals surface area contributed by atoms with Crippen molar-refractivity contribution >= 4 is 33.6 Å². The number of fused-ring (bicyclic) bond motifs is 1. The first kappa shape index (κ1) is 16.3. The fraction of sp³-hybridized carbons (Fsp3) is 0.500. The standard InChI is InChI=1S/C14H20IN3O3/c1-14(2,3)16-6-8(19)7-21-10-5-4-9(15)11-12(10)18-13(20)17-11/h4-5,8,16,19H,6-7H2,1-3H3,(H2,17,18,20). The predicted molar refractivity (Wildman–Crippen MR) is 90.9 cm³/mol. The van der Waals surface area contributed by atoms with Crippen molar-refractivity contribution in [3.8, 4) is 5.75 Å². The van der Waals surface area contributed by atoms with Crippen LogP contribution in [0.2, 0.25) is 0 Å². The summed E-state index contributed by atoms with van der Waals surface area (Å²) >= 11 is 2.15. The summed E-state index contributed by atoms with van der Waals surface area (Å²) in [5.41, 5.74) is 1.03. The molecule has 1 aromatic carbocycles. The van der Waals surface area contributed by atoms with Crippen LogP contribution in [0.15, 0.2) is 16.9 Å². The van der Waals surface area contributed by atoms with E-state index in [1.807, 2.05) is 26.8 Å². The van der Waals surface area contributed by atoms with E-state index in [-0.39, 0.29) is 17.8 Å². The zero-order valence-electron chi connectivity index (χ0n) is 12.3. The van der Waals surface area contributed by atoms with Crippen LogP contribution in [0.1, 0.15) is 20.8 Å². The van der Waals surface area contributed by atoms with Gasteiger partial charge in [0.15, 0.2) is 0 Å². The third-order valence-electron chi connectivity index (χ3n) is 2.89. The molecule has 0 fully saturated rings. The average molecular weight is 405 g/mol. The van der Waals surface area contributed by atoms with Gasteiger partial charge < -0.3 is 25.1 Å². The van der Waals surface area contributed by atoms with Gasteiger partial charge in [0.2, 0.25) is 0 Å². The molecule has 0 aliphatic rings. The maximum absolute atomic E-state index is 11.4. The monoisotopic (exact) mass is 405 g/mol. The van der Waals surface area contributed by atoms with Gasteiger partial charge in [-0.25, -0.2) is 4.79 Å². The first-order chi connectivity index (χ1) is 9.76. The van der Waals surface area contributed by atoms with Crippen LogP contribution >= 0.6 is 22.6 Å². The molecule has 6 nitrogen and oxygen atoms in total. The number of nitrogens with one attached hydrogen (secondary N) is 3. The van der Waals surface area contributed by atoms with E-state index in [0.717, 1.165) is 9.09 Å². The van der Waals surface area contributed by atoms with Crippen LogP contribution in [0, 0.1) is 3.57 Å². The van der Waals surface area contributed by atoms with E-state index >= 15 is 0 Å². The van der Waals surface area contributed by atoms with Crippen LogP contribution in [0.5, 0.6) is 5.75 Å². The summed E-state index contributed by atoms with van der Waals surface area (Å²) in [7, 11) is 0. The van der Waals surface area contributed by atoms with E-state index in [1.165, 1.54) is 0 Å². The number of benzene rings is 1. The van der Waals surface area contributed by atoms with E-state index in [0.29, 0.717) is 17.8 Å². The Morgan fingerprint density at radius 2 is 2.00 bits per heavy atom. The summed E-state index contributed by atoms with van der Waals surface area (Å²) in [5, 5.41) is 13.2. The number of β-amino-alcohol motifs (C(OH)–C–C–N with tert-alkyl or cyclic N) is 1. The third-order valence-corrected chi connectivity index (χ3v) is 3.79. The van der Waals surface area contributed by atoms with Gasteiger partial charge in [0.05, 0.1) is 5.52 Å². The fourth-order valence-corrected chi connectivity index (χ4v) is 2.44. The second-order valence-corrected chi connectivity index (χ2v) is 7.13. The number of aliphatic hydroxyl groups excluding tert-OH is 1. The highest BCUT2D eigenvalue weighted by atomic mass is 127. The largest absolute Gasteiger partial charge is 0.489 e. The topological polar surface area (TPSA) is 90.1 Å². The maximum atomic E-state index is 11.4. The summed E-state index contributed by atoms with van der Waals surface area (Å²) in [5.74, 6) is 0.554. The summed E-state index contributed by atoms with van der Waals surface area (Å²) in [6.07, 6.45) is -0.621.